The van der Waals surface area contributed by atoms with Gasteiger partial charge in [-0.2, -0.15) is 0 Å². The van der Waals surface area contributed by atoms with Gasteiger partial charge in [0.1, 0.15) is 4.60 Å². The first-order valence-electron chi connectivity index (χ1n) is 6.18. The van der Waals surface area contributed by atoms with E-state index in [0.717, 1.165) is 16.8 Å². The Hall–Kier alpha value is -0.450. The average molecular weight is 298 g/mol. The van der Waals surface area contributed by atoms with E-state index in [1.807, 2.05) is 12.1 Å². The molecule has 0 aromatic carbocycles. The third-order valence-corrected chi connectivity index (χ3v) is 3.87. The van der Waals surface area contributed by atoms with Crippen molar-refractivity contribution in [3.63, 3.8) is 0 Å². The Morgan fingerprint density at radius 3 is 3.06 bits per heavy atom. The maximum atomic E-state index is 4.44. The number of hydrogen-bond donors (Lipinski definition) is 1. The summed E-state index contributed by atoms with van der Waals surface area (Å²) in [7, 11) is 2.20. The molecule has 1 aliphatic rings. The van der Waals surface area contributed by atoms with Gasteiger partial charge in [-0.1, -0.05) is 13.0 Å². The molecule has 0 aliphatic carbocycles. The molecular formula is C13H20BrN3. The minimum atomic E-state index is 0.618. The number of likely N-dealkylation sites (tertiary alicyclic amines) is 1. The Kier molecular flexibility index (Phi) is 4.54. The molecule has 1 fully saturated rings. The molecule has 3 nitrogen and oxygen atoms in total. The minimum absolute atomic E-state index is 0.618. The fourth-order valence-electron chi connectivity index (χ4n) is 2.44. The fraction of sp³-hybridized carbons (Fsp3) is 0.615. The molecule has 4 heteroatoms. The first-order valence-corrected chi connectivity index (χ1v) is 6.98. The molecule has 17 heavy (non-hydrogen) atoms. The zero-order valence-corrected chi connectivity index (χ0v) is 12.1. The monoisotopic (exact) mass is 297 g/mol. The number of nitrogens with one attached hydrogen (secondary N) is 1. The van der Waals surface area contributed by atoms with E-state index in [2.05, 4.69) is 51.2 Å². The molecule has 0 amide bonds. The highest BCUT2D eigenvalue weighted by atomic mass is 79.9. The third-order valence-electron chi connectivity index (χ3n) is 3.43. The van der Waals surface area contributed by atoms with E-state index in [1.54, 1.807) is 0 Å². The molecule has 2 heterocycles. The molecule has 1 aromatic rings. The van der Waals surface area contributed by atoms with Crippen molar-refractivity contribution in [2.75, 3.05) is 20.1 Å². The molecule has 1 aliphatic heterocycles. The quantitative estimate of drug-likeness (QED) is 0.868. The summed E-state index contributed by atoms with van der Waals surface area (Å²) < 4.78 is 0.910. The Balaban J connectivity index is 1.86. The zero-order chi connectivity index (χ0) is 12.3. The fourth-order valence-corrected chi connectivity index (χ4v) is 2.82. The summed E-state index contributed by atoms with van der Waals surface area (Å²) in [5.41, 5.74) is 1.10. The Morgan fingerprint density at radius 2 is 2.35 bits per heavy atom. The van der Waals surface area contributed by atoms with Gasteiger partial charge in [0.2, 0.25) is 0 Å². The average Bonchev–Trinajstić information content (AvgIpc) is 2.28. The van der Waals surface area contributed by atoms with Gasteiger partial charge in [0, 0.05) is 19.1 Å². The predicted octanol–water partition coefficient (Wildman–Crippen LogP) is 2.27. The van der Waals surface area contributed by atoms with Gasteiger partial charge in [-0.3, -0.25) is 0 Å². The van der Waals surface area contributed by atoms with E-state index in [4.69, 9.17) is 0 Å². The van der Waals surface area contributed by atoms with Crippen LogP contribution in [-0.4, -0.2) is 36.1 Å². The van der Waals surface area contributed by atoms with Crippen molar-refractivity contribution in [1.29, 1.82) is 0 Å². The van der Waals surface area contributed by atoms with Gasteiger partial charge in [0.05, 0.1) is 5.69 Å². The van der Waals surface area contributed by atoms with Crippen LogP contribution in [0.25, 0.3) is 0 Å². The Labute approximate surface area is 112 Å². The molecule has 2 rings (SSSR count). The van der Waals surface area contributed by atoms with Gasteiger partial charge >= 0.3 is 0 Å². The van der Waals surface area contributed by atoms with Gasteiger partial charge in [-0.05, 0) is 54.0 Å². The number of hydrogen-bond acceptors (Lipinski definition) is 3. The molecule has 1 saturated heterocycles. The summed E-state index contributed by atoms with van der Waals surface area (Å²) in [4.78, 5) is 6.84. The smallest absolute Gasteiger partial charge is 0.106 e. The van der Waals surface area contributed by atoms with Crippen LogP contribution in [-0.2, 0) is 6.54 Å². The van der Waals surface area contributed by atoms with Gasteiger partial charge < -0.3 is 10.2 Å². The first-order chi connectivity index (χ1) is 8.15. The van der Waals surface area contributed by atoms with E-state index < -0.39 is 0 Å². The van der Waals surface area contributed by atoms with E-state index >= 15 is 0 Å². The van der Waals surface area contributed by atoms with Crippen LogP contribution in [0.15, 0.2) is 22.8 Å². The van der Waals surface area contributed by atoms with Crippen molar-refractivity contribution >= 4 is 15.9 Å². The molecule has 0 bridgehead atoms. The van der Waals surface area contributed by atoms with E-state index in [-0.39, 0.29) is 0 Å². The summed E-state index contributed by atoms with van der Waals surface area (Å²) in [6.07, 6.45) is 1.23. The summed E-state index contributed by atoms with van der Waals surface area (Å²) in [5, 5.41) is 3.63. The molecular weight excluding hydrogens is 278 g/mol. The van der Waals surface area contributed by atoms with Crippen LogP contribution in [0.5, 0.6) is 0 Å². The summed E-state index contributed by atoms with van der Waals surface area (Å²) in [5.74, 6) is 0.709. The molecule has 2 unspecified atom stereocenters. The van der Waals surface area contributed by atoms with Gasteiger partial charge in [-0.15, -0.1) is 0 Å². The lowest BCUT2D eigenvalue weighted by Gasteiger charge is -2.35. The van der Waals surface area contributed by atoms with Crippen molar-refractivity contribution in [3.8, 4) is 0 Å². The lowest BCUT2D eigenvalue weighted by Crippen LogP contribution is -2.46. The molecule has 0 spiro atoms. The normalized spacial score (nSPS) is 26.1. The van der Waals surface area contributed by atoms with Gasteiger partial charge in [0.15, 0.2) is 0 Å². The second-order valence-electron chi connectivity index (χ2n) is 4.97. The number of rotatable bonds is 3. The summed E-state index contributed by atoms with van der Waals surface area (Å²) in [6, 6.07) is 6.68. The van der Waals surface area contributed by atoms with Crippen molar-refractivity contribution < 1.29 is 0 Å². The molecule has 1 N–H and O–H groups in total. The van der Waals surface area contributed by atoms with Gasteiger partial charge in [-0.25, -0.2) is 4.98 Å². The van der Waals surface area contributed by atoms with Crippen molar-refractivity contribution in [2.45, 2.75) is 25.9 Å². The zero-order valence-electron chi connectivity index (χ0n) is 10.5. The van der Waals surface area contributed by atoms with Crippen LogP contribution in [0.4, 0.5) is 0 Å². The summed E-state index contributed by atoms with van der Waals surface area (Å²) >= 11 is 3.40. The van der Waals surface area contributed by atoms with E-state index in [0.29, 0.717) is 12.0 Å². The highest BCUT2D eigenvalue weighted by Crippen LogP contribution is 2.16. The van der Waals surface area contributed by atoms with Crippen molar-refractivity contribution in [3.05, 3.63) is 28.5 Å². The predicted molar refractivity (Wildman–Crippen MR) is 73.8 cm³/mol. The highest BCUT2D eigenvalue weighted by Gasteiger charge is 2.23. The molecule has 1 aromatic heterocycles. The molecule has 0 saturated carbocycles. The van der Waals surface area contributed by atoms with E-state index in [1.165, 1.54) is 19.5 Å². The van der Waals surface area contributed by atoms with Crippen LogP contribution in [0.1, 0.15) is 19.0 Å². The van der Waals surface area contributed by atoms with Crippen LogP contribution in [0.3, 0.4) is 0 Å². The summed E-state index contributed by atoms with van der Waals surface area (Å²) in [6.45, 7) is 5.55. The van der Waals surface area contributed by atoms with Crippen LogP contribution in [0, 0.1) is 5.92 Å². The number of aromatic nitrogens is 1. The van der Waals surface area contributed by atoms with Crippen molar-refractivity contribution in [2.24, 2.45) is 5.92 Å². The largest absolute Gasteiger partial charge is 0.308 e. The van der Waals surface area contributed by atoms with Gasteiger partial charge in [0.25, 0.3) is 0 Å². The number of nitrogens with zero attached hydrogens (tertiary/aromatic N) is 2. The van der Waals surface area contributed by atoms with Crippen LogP contribution in [0.2, 0.25) is 0 Å². The number of piperidine rings is 1. The maximum absolute atomic E-state index is 4.44. The SMILES string of the molecule is CC1CN(C)CCC1NCc1cccc(Br)n1. The molecule has 0 radical (unpaired) electrons. The highest BCUT2D eigenvalue weighted by molar-refractivity contribution is 9.10. The number of pyridine rings is 1. The van der Waals surface area contributed by atoms with Crippen molar-refractivity contribution in [1.82, 2.24) is 15.2 Å². The van der Waals surface area contributed by atoms with Crippen LogP contribution >= 0.6 is 15.9 Å². The first kappa shape index (κ1) is 13.0. The standard InChI is InChI=1S/C13H20BrN3/c1-10-9-17(2)7-6-12(10)15-8-11-4-3-5-13(14)16-11/h3-5,10,12,15H,6-9H2,1-2H3. The lowest BCUT2D eigenvalue weighted by molar-refractivity contribution is 0.174. The van der Waals surface area contributed by atoms with Crippen LogP contribution < -0.4 is 5.32 Å². The minimum Gasteiger partial charge on any atom is -0.308 e. The number of halogens is 1. The third kappa shape index (κ3) is 3.76. The maximum Gasteiger partial charge on any atom is 0.106 e. The second kappa shape index (κ2) is 5.94. The Morgan fingerprint density at radius 1 is 1.53 bits per heavy atom. The second-order valence-corrected chi connectivity index (χ2v) is 5.78. The molecule has 2 atom stereocenters. The lowest BCUT2D eigenvalue weighted by atomic mass is 9.94. The topological polar surface area (TPSA) is 28.2 Å². The Bertz CT molecular complexity index is 369. The molecule has 94 valence electrons. The van der Waals surface area contributed by atoms with E-state index in [9.17, 15) is 0 Å².